The van der Waals surface area contributed by atoms with Crippen LogP contribution >= 0.6 is 0 Å². The first-order valence-corrected chi connectivity index (χ1v) is 14.1. The Hall–Kier alpha value is -3.46. The summed E-state index contributed by atoms with van der Waals surface area (Å²) in [6, 6.07) is 10.5. The van der Waals surface area contributed by atoms with Gasteiger partial charge in [0.1, 0.15) is 5.82 Å². The Balaban J connectivity index is 1.29. The van der Waals surface area contributed by atoms with Crippen LogP contribution in [0.15, 0.2) is 30.3 Å². The van der Waals surface area contributed by atoms with Gasteiger partial charge in [-0.1, -0.05) is 6.07 Å². The Morgan fingerprint density at radius 1 is 0.821 bits per heavy atom. The molecule has 0 unspecified atom stereocenters. The summed E-state index contributed by atoms with van der Waals surface area (Å²) in [6.45, 7) is 7.53. The molecule has 3 heterocycles. The van der Waals surface area contributed by atoms with Crippen LogP contribution in [-0.4, -0.2) is 75.0 Å². The molecule has 1 aromatic heterocycles. The zero-order valence-corrected chi connectivity index (χ0v) is 23.7. The van der Waals surface area contributed by atoms with Crippen molar-refractivity contribution in [3.63, 3.8) is 0 Å². The summed E-state index contributed by atoms with van der Waals surface area (Å²) in [5.41, 5.74) is 2.10. The molecule has 2 aromatic carbocycles. The summed E-state index contributed by atoms with van der Waals surface area (Å²) in [6.07, 6.45) is 5.69. The third-order valence-corrected chi connectivity index (χ3v) is 7.69. The molecule has 2 aliphatic heterocycles. The Morgan fingerprint density at radius 3 is 2.23 bits per heavy atom. The Morgan fingerprint density at radius 2 is 1.54 bits per heavy atom. The average molecular weight is 536 g/mol. The predicted octanol–water partition coefficient (Wildman–Crippen LogP) is 5.12. The molecule has 9 heteroatoms. The fourth-order valence-electron chi connectivity index (χ4n) is 5.61. The largest absolute Gasteiger partial charge is 0.493 e. The summed E-state index contributed by atoms with van der Waals surface area (Å²) < 4.78 is 22.4. The molecular formula is C30H41N5O4. The topological polar surface area (TPSA) is 81.2 Å². The first kappa shape index (κ1) is 27.1. The average Bonchev–Trinajstić information content (AvgIpc) is 2.98. The van der Waals surface area contributed by atoms with E-state index in [1.807, 2.05) is 25.1 Å². The van der Waals surface area contributed by atoms with Crippen LogP contribution in [0, 0.1) is 0 Å². The molecule has 2 fully saturated rings. The molecular weight excluding hydrogens is 494 g/mol. The summed E-state index contributed by atoms with van der Waals surface area (Å²) >= 11 is 0. The SMILES string of the molecule is CCOc1cc(CN2CCC(Nc3nc(N4CCCCC4)c4cc(OC)c(OC)cc4n3)CC2)ccc1OC. The van der Waals surface area contributed by atoms with Crippen LogP contribution in [0.4, 0.5) is 11.8 Å². The van der Waals surface area contributed by atoms with Gasteiger partial charge in [-0.3, -0.25) is 4.90 Å². The Bertz CT molecular complexity index is 1260. The molecule has 39 heavy (non-hydrogen) atoms. The lowest BCUT2D eigenvalue weighted by atomic mass is 10.0. The monoisotopic (exact) mass is 535 g/mol. The third kappa shape index (κ3) is 6.24. The number of fused-ring (bicyclic) bond motifs is 1. The highest BCUT2D eigenvalue weighted by molar-refractivity contribution is 5.93. The van der Waals surface area contributed by atoms with E-state index in [1.54, 1.807) is 21.3 Å². The number of nitrogens with one attached hydrogen (secondary N) is 1. The van der Waals surface area contributed by atoms with Gasteiger partial charge in [-0.2, -0.15) is 4.98 Å². The summed E-state index contributed by atoms with van der Waals surface area (Å²) in [5.74, 6) is 4.62. The van der Waals surface area contributed by atoms with Gasteiger partial charge in [0.15, 0.2) is 23.0 Å². The van der Waals surface area contributed by atoms with E-state index in [2.05, 4.69) is 27.2 Å². The molecule has 0 radical (unpaired) electrons. The number of rotatable bonds is 10. The molecule has 5 rings (SSSR count). The maximum atomic E-state index is 5.77. The van der Waals surface area contributed by atoms with Gasteiger partial charge in [0.2, 0.25) is 5.95 Å². The first-order valence-electron chi connectivity index (χ1n) is 14.1. The summed E-state index contributed by atoms with van der Waals surface area (Å²) in [7, 11) is 5.00. The van der Waals surface area contributed by atoms with Gasteiger partial charge in [0.05, 0.1) is 33.5 Å². The van der Waals surface area contributed by atoms with E-state index in [0.29, 0.717) is 30.1 Å². The molecule has 0 aliphatic carbocycles. The molecule has 9 nitrogen and oxygen atoms in total. The van der Waals surface area contributed by atoms with Crippen molar-refractivity contribution in [1.82, 2.24) is 14.9 Å². The molecule has 3 aromatic rings. The summed E-state index contributed by atoms with van der Waals surface area (Å²) in [5, 5.41) is 4.66. The number of ether oxygens (including phenoxy) is 4. The number of hydrogen-bond donors (Lipinski definition) is 1. The van der Waals surface area contributed by atoms with Crippen molar-refractivity contribution in [3.05, 3.63) is 35.9 Å². The Kier molecular flexibility index (Phi) is 8.76. The fraction of sp³-hybridized carbons (Fsp3) is 0.533. The minimum Gasteiger partial charge on any atom is -0.493 e. The van der Waals surface area contributed by atoms with Crippen molar-refractivity contribution in [3.8, 4) is 23.0 Å². The zero-order chi connectivity index (χ0) is 27.2. The summed E-state index contributed by atoms with van der Waals surface area (Å²) in [4.78, 5) is 14.8. The highest BCUT2D eigenvalue weighted by Crippen LogP contribution is 2.37. The lowest BCUT2D eigenvalue weighted by Crippen LogP contribution is -2.39. The molecule has 0 amide bonds. The zero-order valence-electron chi connectivity index (χ0n) is 23.7. The predicted molar refractivity (Wildman–Crippen MR) is 155 cm³/mol. The molecule has 0 spiro atoms. The van der Waals surface area contributed by atoms with E-state index >= 15 is 0 Å². The van der Waals surface area contributed by atoms with E-state index in [0.717, 1.165) is 73.8 Å². The normalized spacial score (nSPS) is 16.8. The smallest absolute Gasteiger partial charge is 0.225 e. The second kappa shape index (κ2) is 12.6. The number of anilines is 2. The first-order chi connectivity index (χ1) is 19.1. The highest BCUT2D eigenvalue weighted by Gasteiger charge is 2.23. The second-order valence-electron chi connectivity index (χ2n) is 10.3. The molecule has 210 valence electrons. The Labute approximate surface area is 231 Å². The van der Waals surface area contributed by atoms with Gasteiger partial charge < -0.3 is 29.2 Å². The third-order valence-electron chi connectivity index (χ3n) is 7.69. The quantitative estimate of drug-likeness (QED) is 0.380. The van der Waals surface area contributed by atoms with E-state index < -0.39 is 0 Å². The van der Waals surface area contributed by atoms with Crippen molar-refractivity contribution >= 4 is 22.7 Å². The minimum absolute atomic E-state index is 0.322. The van der Waals surface area contributed by atoms with Gasteiger partial charge in [-0.05, 0) is 62.8 Å². The molecule has 1 N–H and O–H groups in total. The van der Waals surface area contributed by atoms with Gasteiger partial charge in [0.25, 0.3) is 0 Å². The van der Waals surface area contributed by atoms with Crippen molar-refractivity contribution in [2.24, 2.45) is 0 Å². The van der Waals surface area contributed by atoms with E-state index in [9.17, 15) is 0 Å². The van der Waals surface area contributed by atoms with Crippen LogP contribution < -0.4 is 29.2 Å². The van der Waals surface area contributed by atoms with Gasteiger partial charge in [-0.15, -0.1) is 0 Å². The molecule has 0 bridgehead atoms. The minimum atomic E-state index is 0.322. The maximum Gasteiger partial charge on any atom is 0.225 e. The molecule has 2 saturated heterocycles. The standard InChI is InChI=1S/C30H41N5O4/c1-5-39-28-17-21(9-10-25(28)36-2)20-34-15-11-22(12-16-34)31-30-32-24-19-27(38-4)26(37-3)18-23(24)29(33-30)35-13-7-6-8-14-35/h9-10,17-19,22H,5-8,11-16,20H2,1-4H3,(H,31,32,33). The number of benzene rings is 2. The van der Waals surface area contributed by atoms with Crippen LogP contribution in [0.1, 0.15) is 44.6 Å². The van der Waals surface area contributed by atoms with Gasteiger partial charge >= 0.3 is 0 Å². The van der Waals surface area contributed by atoms with E-state index in [1.165, 1.54) is 24.8 Å². The molecule has 0 saturated carbocycles. The lowest BCUT2D eigenvalue weighted by Gasteiger charge is -2.33. The number of aromatic nitrogens is 2. The number of nitrogens with zero attached hydrogens (tertiary/aromatic N) is 4. The van der Waals surface area contributed by atoms with E-state index in [-0.39, 0.29) is 0 Å². The van der Waals surface area contributed by atoms with Crippen LogP contribution in [-0.2, 0) is 6.54 Å². The van der Waals surface area contributed by atoms with Gasteiger partial charge in [-0.25, -0.2) is 4.98 Å². The van der Waals surface area contributed by atoms with Crippen LogP contribution in [0.5, 0.6) is 23.0 Å². The van der Waals surface area contributed by atoms with Gasteiger partial charge in [0, 0.05) is 50.2 Å². The highest BCUT2D eigenvalue weighted by atomic mass is 16.5. The number of hydrogen-bond acceptors (Lipinski definition) is 9. The lowest BCUT2D eigenvalue weighted by molar-refractivity contribution is 0.210. The second-order valence-corrected chi connectivity index (χ2v) is 10.3. The van der Waals surface area contributed by atoms with Crippen molar-refractivity contribution in [1.29, 1.82) is 0 Å². The molecule has 2 aliphatic rings. The maximum absolute atomic E-state index is 5.77. The number of likely N-dealkylation sites (tertiary alicyclic amines) is 1. The van der Waals surface area contributed by atoms with E-state index in [4.69, 9.17) is 28.9 Å². The van der Waals surface area contributed by atoms with Crippen molar-refractivity contribution in [2.45, 2.75) is 51.6 Å². The number of methoxy groups -OCH3 is 3. The van der Waals surface area contributed by atoms with Crippen LogP contribution in [0.25, 0.3) is 10.9 Å². The van der Waals surface area contributed by atoms with Crippen LogP contribution in [0.3, 0.4) is 0 Å². The number of piperidine rings is 2. The fourth-order valence-corrected chi connectivity index (χ4v) is 5.61. The van der Waals surface area contributed by atoms with Crippen molar-refractivity contribution in [2.75, 3.05) is 64.3 Å². The van der Waals surface area contributed by atoms with Crippen LogP contribution in [0.2, 0.25) is 0 Å². The molecule has 0 atom stereocenters. The van der Waals surface area contributed by atoms with Crippen molar-refractivity contribution < 1.29 is 18.9 Å².